The van der Waals surface area contributed by atoms with Gasteiger partial charge in [-0.05, 0) is 140 Å². The molecule has 8 aromatic carbocycles. The topological polar surface area (TPSA) is 3.24 Å². The number of hydrogen-bond acceptors (Lipinski definition) is 1. The minimum Gasteiger partial charge on any atom is -0.311 e. The molecule has 8 aromatic rings. The van der Waals surface area contributed by atoms with Gasteiger partial charge in [-0.2, -0.15) is 0 Å². The predicted molar refractivity (Wildman–Crippen MR) is 222 cm³/mol. The predicted octanol–water partition coefficient (Wildman–Crippen LogP) is 14.2. The molecule has 1 aliphatic rings. The molecule has 250 valence electrons. The summed E-state index contributed by atoms with van der Waals surface area (Å²) in [6.45, 7) is 9.15. The summed E-state index contributed by atoms with van der Waals surface area (Å²) >= 11 is 0. The summed E-state index contributed by atoms with van der Waals surface area (Å²) < 4.78 is 0. The first-order valence-corrected chi connectivity index (χ1v) is 18.3. The lowest BCUT2D eigenvalue weighted by atomic mass is 9.81. The highest BCUT2D eigenvalue weighted by Gasteiger charge is 2.35. The van der Waals surface area contributed by atoms with Crippen molar-refractivity contribution in [3.63, 3.8) is 0 Å². The number of benzene rings is 8. The third kappa shape index (κ3) is 5.33. The van der Waals surface area contributed by atoms with Crippen LogP contribution in [0.25, 0.3) is 55.3 Å². The quantitative estimate of drug-likeness (QED) is 0.171. The molecule has 0 saturated carbocycles. The molecular formula is C51H41N. The average molecular weight is 668 g/mol. The number of rotatable bonds is 6. The second-order valence-electron chi connectivity index (χ2n) is 14.7. The van der Waals surface area contributed by atoms with Gasteiger partial charge in [-0.3, -0.25) is 0 Å². The molecule has 0 aliphatic heterocycles. The number of hydrogen-bond donors (Lipinski definition) is 0. The van der Waals surface area contributed by atoms with E-state index in [-0.39, 0.29) is 5.41 Å². The number of nitrogens with zero attached hydrogens (tertiary/aromatic N) is 1. The van der Waals surface area contributed by atoms with Crippen molar-refractivity contribution in [2.24, 2.45) is 0 Å². The molecule has 1 aliphatic carbocycles. The maximum absolute atomic E-state index is 2.40. The molecule has 52 heavy (non-hydrogen) atoms. The van der Waals surface area contributed by atoms with E-state index in [0.717, 1.165) is 17.1 Å². The standard InChI is InChI=1S/C51H41N/c1-34-18-19-39(32-48(34)45-30-24-38-12-8-9-15-44(38)35(45)2)36-20-26-42(27-21-36)52(41-13-6-5-7-14-41)43-28-22-37(23-29-43)40-25-31-47-46-16-10-11-17-49(46)51(3,4)50(47)33-40/h5-33H,1-4H3. The zero-order valence-corrected chi connectivity index (χ0v) is 30.2. The molecule has 0 fully saturated rings. The number of fused-ring (bicyclic) bond motifs is 4. The fourth-order valence-corrected chi connectivity index (χ4v) is 8.32. The lowest BCUT2D eigenvalue weighted by Gasteiger charge is -2.26. The average Bonchev–Trinajstić information content (AvgIpc) is 3.42. The lowest BCUT2D eigenvalue weighted by Crippen LogP contribution is -2.14. The highest BCUT2D eigenvalue weighted by Crippen LogP contribution is 2.49. The molecular weight excluding hydrogens is 627 g/mol. The normalized spacial score (nSPS) is 12.8. The van der Waals surface area contributed by atoms with Gasteiger partial charge in [0, 0.05) is 22.5 Å². The van der Waals surface area contributed by atoms with Crippen LogP contribution in [0.4, 0.5) is 17.1 Å². The molecule has 9 rings (SSSR count). The first-order valence-electron chi connectivity index (χ1n) is 18.3. The van der Waals surface area contributed by atoms with E-state index in [2.05, 4.69) is 209 Å². The Balaban J connectivity index is 1.04. The molecule has 0 unspecified atom stereocenters. The van der Waals surface area contributed by atoms with E-state index in [1.165, 1.54) is 77.5 Å². The van der Waals surface area contributed by atoms with Crippen LogP contribution < -0.4 is 4.90 Å². The summed E-state index contributed by atoms with van der Waals surface area (Å²) in [6, 6.07) is 64.6. The van der Waals surface area contributed by atoms with Gasteiger partial charge in [0.15, 0.2) is 0 Å². The molecule has 1 heteroatoms. The van der Waals surface area contributed by atoms with Crippen LogP contribution in [0, 0.1) is 13.8 Å². The van der Waals surface area contributed by atoms with Gasteiger partial charge in [0.1, 0.15) is 0 Å². The SMILES string of the molecule is Cc1ccc(-c2ccc(N(c3ccccc3)c3ccc(-c4ccc5c(c4)C(C)(C)c4ccccc4-5)cc3)cc2)cc1-c1ccc2ccccc2c1C. The van der Waals surface area contributed by atoms with Gasteiger partial charge in [-0.1, -0.05) is 141 Å². The second kappa shape index (κ2) is 12.5. The largest absolute Gasteiger partial charge is 0.311 e. The number of anilines is 3. The Morgan fingerprint density at radius 1 is 0.385 bits per heavy atom. The highest BCUT2D eigenvalue weighted by atomic mass is 15.1. The first kappa shape index (κ1) is 31.8. The van der Waals surface area contributed by atoms with Gasteiger partial charge in [0.2, 0.25) is 0 Å². The van der Waals surface area contributed by atoms with Crippen LogP contribution in [-0.4, -0.2) is 0 Å². The van der Waals surface area contributed by atoms with E-state index >= 15 is 0 Å². The fourth-order valence-electron chi connectivity index (χ4n) is 8.32. The highest BCUT2D eigenvalue weighted by molar-refractivity contribution is 5.93. The molecule has 0 amide bonds. The third-order valence-corrected chi connectivity index (χ3v) is 11.2. The van der Waals surface area contributed by atoms with E-state index in [1.807, 2.05) is 0 Å². The van der Waals surface area contributed by atoms with E-state index in [4.69, 9.17) is 0 Å². The Kier molecular flexibility index (Phi) is 7.67. The van der Waals surface area contributed by atoms with Crippen molar-refractivity contribution in [3.8, 4) is 44.5 Å². The van der Waals surface area contributed by atoms with Gasteiger partial charge < -0.3 is 4.90 Å². The van der Waals surface area contributed by atoms with Crippen LogP contribution in [0.5, 0.6) is 0 Å². The molecule has 1 nitrogen and oxygen atoms in total. The Morgan fingerprint density at radius 2 is 0.923 bits per heavy atom. The van der Waals surface area contributed by atoms with E-state index < -0.39 is 0 Å². The summed E-state index contributed by atoms with van der Waals surface area (Å²) in [5.41, 5.74) is 18.9. The lowest BCUT2D eigenvalue weighted by molar-refractivity contribution is 0.660. The van der Waals surface area contributed by atoms with E-state index in [1.54, 1.807) is 0 Å². The molecule has 0 aromatic heterocycles. The Labute approximate surface area is 307 Å². The summed E-state index contributed by atoms with van der Waals surface area (Å²) in [5.74, 6) is 0. The summed E-state index contributed by atoms with van der Waals surface area (Å²) in [4.78, 5) is 2.34. The van der Waals surface area contributed by atoms with Crippen LogP contribution in [-0.2, 0) is 5.41 Å². The molecule has 0 atom stereocenters. The van der Waals surface area contributed by atoms with Crippen molar-refractivity contribution in [3.05, 3.63) is 198 Å². The van der Waals surface area contributed by atoms with E-state index in [9.17, 15) is 0 Å². The second-order valence-corrected chi connectivity index (χ2v) is 14.7. The zero-order chi connectivity index (χ0) is 35.4. The molecule has 0 heterocycles. The third-order valence-electron chi connectivity index (χ3n) is 11.2. The van der Waals surface area contributed by atoms with Crippen molar-refractivity contribution < 1.29 is 0 Å². The Hall–Kier alpha value is -6.18. The Bertz CT molecular complexity index is 2590. The van der Waals surface area contributed by atoms with E-state index in [0.29, 0.717) is 0 Å². The van der Waals surface area contributed by atoms with Gasteiger partial charge in [0.25, 0.3) is 0 Å². The maximum atomic E-state index is 2.40. The van der Waals surface area contributed by atoms with Crippen molar-refractivity contribution in [2.45, 2.75) is 33.1 Å². The molecule has 0 radical (unpaired) electrons. The zero-order valence-electron chi connectivity index (χ0n) is 30.2. The summed E-state index contributed by atoms with van der Waals surface area (Å²) in [6.07, 6.45) is 0. The van der Waals surface area contributed by atoms with Crippen molar-refractivity contribution in [2.75, 3.05) is 4.90 Å². The smallest absolute Gasteiger partial charge is 0.0462 e. The van der Waals surface area contributed by atoms with Gasteiger partial charge in [-0.15, -0.1) is 0 Å². The monoisotopic (exact) mass is 667 g/mol. The van der Waals surface area contributed by atoms with Crippen LogP contribution >= 0.6 is 0 Å². The van der Waals surface area contributed by atoms with Crippen molar-refractivity contribution >= 4 is 27.8 Å². The summed E-state index contributed by atoms with van der Waals surface area (Å²) in [5, 5.41) is 2.59. The van der Waals surface area contributed by atoms with Crippen LogP contribution in [0.15, 0.2) is 176 Å². The maximum Gasteiger partial charge on any atom is 0.0462 e. The first-order chi connectivity index (χ1) is 25.4. The summed E-state index contributed by atoms with van der Waals surface area (Å²) in [7, 11) is 0. The van der Waals surface area contributed by atoms with Gasteiger partial charge in [0.05, 0.1) is 0 Å². The van der Waals surface area contributed by atoms with Crippen LogP contribution in [0.1, 0.15) is 36.1 Å². The van der Waals surface area contributed by atoms with Gasteiger partial charge in [-0.25, -0.2) is 0 Å². The van der Waals surface area contributed by atoms with Crippen LogP contribution in [0.2, 0.25) is 0 Å². The molecule has 0 spiro atoms. The minimum atomic E-state index is -0.0202. The molecule has 0 N–H and O–H groups in total. The molecule has 0 saturated heterocycles. The van der Waals surface area contributed by atoms with Crippen molar-refractivity contribution in [1.82, 2.24) is 0 Å². The number of aryl methyl sites for hydroxylation is 2. The Morgan fingerprint density at radius 3 is 1.65 bits per heavy atom. The van der Waals surface area contributed by atoms with Crippen molar-refractivity contribution in [1.29, 1.82) is 0 Å². The van der Waals surface area contributed by atoms with Gasteiger partial charge >= 0.3 is 0 Å². The molecule has 0 bridgehead atoms. The number of para-hydroxylation sites is 1. The minimum absolute atomic E-state index is 0.0202. The van der Waals surface area contributed by atoms with Crippen LogP contribution in [0.3, 0.4) is 0 Å². The fraction of sp³-hybridized carbons (Fsp3) is 0.0980.